The lowest BCUT2D eigenvalue weighted by Crippen LogP contribution is -2.25. The van der Waals surface area contributed by atoms with Crippen LogP contribution in [0.1, 0.15) is 22.3 Å². The molecule has 0 amide bonds. The molecule has 0 heterocycles. The molecular formula is C24H22F3NO5S. The molecule has 3 rings (SSSR count). The fourth-order valence-corrected chi connectivity index (χ4v) is 4.48. The third-order valence-electron chi connectivity index (χ3n) is 5.00. The van der Waals surface area contributed by atoms with Gasteiger partial charge in [-0.15, -0.1) is 0 Å². The van der Waals surface area contributed by atoms with Gasteiger partial charge in [0.15, 0.2) is 6.61 Å². The number of carboxylic acids is 1. The number of sulfonamides is 1. The van der Waals surface area contributed by atoms with Gasteiger partial charge in [0.2, 0.25) is 10.0 Å². The highest BCUT2D eigenvalue weighted by Crippen LogP contribution is 2.36. The molecule has 0 aliphatic heterocycles. The van der Waals surface area contributed by atoms with E-state index < -0.39 is 34.3 Å². The normalized spacial score (nSPS) is 11.9. The van der Waals surface area contributed by atoms with Crippen LogP contribution < -0.4 is 9.46 Å². The first-order valence-corrected chi connectivity index (χ1v) is 11.8. The van der Waals surface area contributed by atoms with E-state index in [0.29, 0.717) is 11.1 Å². The number of hydrogen-bond donors (Lipinski definition) is 2. The van der Waals surface area contributed by atoms with Gasteiger partial charge in [0.1, 0.15) is 5.75 Å². The molecule has 0 unspecified atom stereocenters. The van der Waals surface area contributed by atoms with E-state index in [2.05, 4.69) is 4.72 Å². The highest BCUT2D eigenvalue weighted by atomic mass is 32.2. The standard InChI is InChI=1S/C24H22F3NO5S/c1-16-5-2-3-6-19(16)15-34(31,32)28-13-17-9-10-22(33-14-23(29)30)21(11-17)18-7-4-8-20(12-18)24(25,26)27/h2-12,28H,13-15H2,1H3,(H,29,30). The highest BCUT2D eigenvalue weighted by Gasteiger charge is 2.30. The van der Waals surface area contributed by atoms with E-state index in [1.807, 2.05) is 19.1 Å². The van der Waals surface area contributed by atoms with Crippen molar-refractivity contribution in [2.45, 2.75) is 25.4 Å². The summed E-state index contributed by atoms with van der Waals surface area (Å²) in [7, 11) is -3.70. The maximum atomic E-state index is 13.2. The maximum Gasteiger partial charge on any atom is 0.416 e. The van der Waals surface area contributed by atoms with Gasteiger partial charge in [-0.2, -0.15) is 13.2 Å². The molecule has 0 aliphatic rings. The van der Waals surface area contributed by atoms with Gasteiger partial charge in [-0.25, -0.2) is 17.9 Å². The Kier molecular flexibility index (Phi) is 7.63. The highest BCUT2D eigenvalue weighted by molar-refractivity contribution is 7.88. The number of alkyl halides is 3. The lowest BCUT2D eigenvalue weighted by molar-refractivity contribution is -0.139. The van der Waals surface area contributed by atoms with Gasteiger partial charge >= 0.3 is 12.1 Å². The predicted molar refractivity (Wildman–Crippen MR) is 121 cm³/mol. The first-order valence-electron chi connectivity index (χ1n) is 10.1. The summed E-state index contributed by atoms with van der Waals surface area (Å²) in [5, 5.41) is 8.91. The number of carboxylic acid groups (broad SMARTS) is 1. The van der Waals surface area contributed by atoms with E-state index in [-0.39, 0.29) is 29.2 Å². The van der Waals surface area contributed by atoms with Crippen LogP contribution in [0.2, 0.25) is 0 Å². The molecule has 3 aromatic carbocycles. The fraction of sp³-hybridized carbons (Fsp3) is 0.208. The number of halogens is 3. The van der Waals surface area contributed by atoms with E-state index in [1.165, 1.54) is 30.3 Å². The zero-order chi connectivity index (χ0) is 24.9. The summed E-state index contributed by atoms with van der Waals surface area (Å²) in [6, 6.07) is 16.0. The molecule has 0 saturated heterocycles. The summed E-state index contributed by atoms with van der Waals surface area (Å²) in [5.41, 5.74) is 1.43. The number of benzene rings is 3. The fourth-order valence-electron chi connectivity index (χ4n) is 3.26. The number of nitrogens with one attached hydrogen (secondary N) is 1. The van der Waals surface area contributed by atoms with E-state index in [1.54, 1.807) is 12.1 Å². The first kappa shape index (κ1) is 25.3. The van der Waals surface area contributed by atoms with Crippen molar-refractivity contribution in [1.82, 2.24) is 4.72 Å². The second-order valence-corrected chi connectivity index (χ2v) is 9.41. The van der Waals surface area contributed by atoms with Gasteiger partial charge in [0.05, 0.1) is 11.3 Å². The van der Waals surface area contributed by atoms with Crippen molar-refractivity contribution < 1.29 is 36.2 Å². The van der Waals surface area contributed by atoms with Gasteiger partial charge in [-0.1, -0.05) is 42.5 Å². The van der Waals surface area contributed by atoms with Crippen LogP contribution in [-0.4, -0.2) is 26.1 Å². The molecule has 0 fully saturated rings. The third-order valence-corrected chi connectivity index (χ3v) is 6.27. The van der Waals surface area contributed by atoms with E-state index in [4.69, 9.17) is 9.84 Å². The Labute approximate surface area is 195 Å². The van der Waals surface area contributed by atoms with Crippen LogP contribution in [0.5, 0.6) is 5.75 Å². The Bertz CT molecular complexity index is 1290. The van der Waals surface area contributed by atoms with E-state index in [9.17, 15) is 26.4 Å². The third kappa shape index (κ3) is 6.82. The molecule has 0 aliphatic carbocycles. The number of aliphatic carboxylic acids is 1. The minimum Gasteiger partial charge on any atom is -0.481 e. The summed E-state index contributed by atoms with van der Waals surface area (Å²) in [4.78, 5) is 10.9. The van der Waals surface area contributed by atoms with Gasteiger partial charge in [0.25, 0.3) is 0 Å². The minimum absolute atomic E-state index is 0.0632. The van der Waals surface area contributed by atoms with Crippen molar-refractivity contribution >= 4 is 16.0 Å². The molecule has 2 N–H and O–H groups in total. The van der Waals surface area contributed by atoms with Gasteiger partial charge in [-0.3, -0.25) is 0 Å². The zero-order valence-corrected chi connectivity index (χ0v) is 18.9. The van der Waals surface area contributed by atoms with Gasteiger partial charge in [0, 0.05) is 12.1 Å². The van der Waals surface area contributed by atoms with Crippen molar-refractivity contribution in [2.24, 2.45) is 0 Å². The monoisotopic (exact) mass is 493 g/mol. The summed E-state index contributed by atoms with van der Waals surface area (Å²) >= 11 is 0. The molecule has 6 nitrogen and oxygen atoms in total. The van der Waals surface area contributed by atoms with E-state index in [0.717, 1.165) is 17.7 Å². The molecular weight excluding hydrogens is 471 g/mol. The number of carbonyl (C=O) groups is 1. The van der Waals surface area contributed by atoms with Crippen LogP contribution in [0.3, 0.4) is 0 Å². The molecule has 3 aromatic rings. The number of rotatable bonds is 9. The summed E-state index contributed by atoms with van der Waals surface area (Å²) < 4.78 is 72.4. The lowest BCUT2D eigenvalue weighted by Gasteiger charge is -2.15. The Morgan fingerprint density at radius 3 is 2.44 bits per heavy atom. The zero-order valence-electron chi connectivity index (χ0n) is 18.1. The van der Waals surface area contributed by atoms with Crippen LogP contribution in [0, 0.1) is 6.92 Å². The minimum atomic E-state index is -4.57. The summed E-state index contributed by atoms with van der Waals surface area (Å²) in [6.07, 6.45) is -4.57. The van der Waals surface area contributed by atoms with Crippen LogP contribution in [0.4, 0.5) is 13.2 Å². The Morgan fingerprint density at radius 1 is 1.03 bits per heavy atom. The molecule has 0 spiro atoms. The lowest BCUT2D eigenvalue weighted by atomic mass is 9.99. The van der Waals surface area contributed by atoms with Crippen molar-refractivity contribution in [3.05, 3.63) is 89.0 Å². The average Bonchev–Trinajstić information content (AvgIpc) is 2.77. The maximum absolute atomic E-state index is 13.2. The Morgan fingerprint density at radius 2 is 1.76 bits per heavy atom. The molecule has 10 heteroatoms. The quantitative estimate of drug-likeness (QED) is 0.448. The van der Waals surface area contributed by atoms with Crippen molar-refractivity contribution in [3.63, 3.8) is 0 Å². The molecule has 0 atom stereocenters. The Balaban J connectivity index is 1.88. The van der Waals surface area contributed by atoms with Crippen LogP contribution >= 0.6 is 0 Å². The molecule has 0 aromatic heterocycles. The second kappa shape index (κ2) is 10.3. The SMILES string of the molecule is Cc1ccccc1CS(=O)(=O)NCc1ccc(OCC(=O)O)c(-c2cccc(C(F)(F)F)c2)c1. The second-order valence-electron chi connectivity index (χ2n) is 7.60. The molecule has 180 valence electrons. The number of ether oxygens (including phenoxy) is 1. The van der Waals surface area contributed by atoms with Crippen LogP contribution in [0.15, 0.2) is 66.7 Å². The average molecular weight is 494 g/mol. The molecule has 0 bridgehead atoms. The molecule has 0 saturated carbocycles. The topological polar surface area (TPSA) is 92.7 Å². The van der Waals surface area contributed by atoms with Crippen molar-refractivity contribution in [3.8, 4) is 16.9 Å². The molecule has 0 radical (unpaired) electrons. The van der Waals surface area contributed by atoms with E-state index >= 15 is 0 Å². The van der Waals surface area contributed by atoms with Crippen molar-refractivity contribution in [2.75, 3.05) is 6.61 Å². The Hall–Kier alpha value is -3.37. The number of aryl methyl sites for hydroxylation is 1. The summed E-state index contributed by atoms with van der Waals surface area (Å²) in [5.74, 6) is -1.41. The van der Waals surface area contributed by atoms with Crippen LogP contribution in [-0.2, 0) is 33.3 Å². The van der Waals surface area contributed by atoms with Gasteiger partial charge in [-0.05, 0) is 53.4 Å². The molecule has 34 heavy (non-hydrogen) atoms. The predicted octanol–water partition coefficient (Wildman–Crippen LogP) is 4.76. The first-order chi connectivity index (χ1) is 15.9. The summed E-state index contributed by atoms with van der Waals surface area (Å²) in [6.45, 7) is 1.01. The smallest absolute Gasteiger partial charge is 0.416 e. The number of hydrogen-bond acceptors (Lipinski definition) is 4. The van der Waals surface area contributed by atoms with Crippen LogP contribution in [0.25, 0.3) is 11.1 Å². The van der Waals surface area contributed by atoms with Gasteiger partial charge < -0.3 is 9.84 Å². The largest absolute Gasteiger partial charge is 0.481 e. The van der Waals surface area contributed by atoms with Crippen molar-refractivity contribution in [1.29, 1.82) is 0 Å².